The third kappa shape index (κ3) is 3.57. The third-order valence-electron chi connectivity index (χ3n) is 4.74. The van der Waals surface area contributed by atoms with Gasteiger partial charge in [0.05, 0.1) is 5.56 Å². The molecule has 0 bridgehead atoms. The highest BCUT2D eigenvalue weighted by Gasteiger charge is 2.26. The third-order valence-corrected chi connectivity index (χ3v) is 4.74. The Morgan fingerprint density at radius 3 is 2.71 bits per heavy atom. The van der Waals surface area contributed by atoms with Crippen LogP contribution in [0.25, 0.3) is 0 Å². The van der Waals surface area contributed by atoms with Crippen LogP contribution in [0.2, 0.25) is 0 Å². The van der Waals surface area contributed by atoms with Gasteiger partial charge in [-0.1, -0.05) is 30.3 Å². The van der Waals surface area contributed by atoms with Crippen molar-refractivity contribution in [2.45, 2.75) is 25.2 Å². The second-order valence-corrected chi connectivity index (χ2v) is 6.34. The van der Waals surface area contributed by atoms with Gasteiger partial charge in [-0.05, 0) is 54.9 Å². The number of rotatable bonds is 4. The minimum Gasteiger partial charge on any atom is -0.507 e. The molecule has 4 nitrogen and oxygen atoms in total. The van der Waals surface area contributed by atoms with Crippen LogP contribution in [0.3, 0.4) is 0 Å². The fourth-order valence-corrected chi connectivity index (χ4v) is 3.39. The van der Waals surface area contributed by atoms with E-state index in [-0.39, 0.29) is 17.2 Å². The van der Waals surface area contributed by atoms with E-state index >= 15 is 0 Å². The van der Waals surface area contributed by atoms with Gasteiger partial charge in [0.2, 0.25) is 0 Å². The van der Waals surface area contributed by atoms with Crippen molar-refractivity contribution in [3.63, 3.8) is 0 Å². The van der Waals surface area contributed by atoms with Crippen LogP contribution in [-0.4, -0.2) is 17.6 Å². The molecule has 0 heterocycles. The quantitative estimate of drug-likeness (QED) is 0.904. The van der Waals surface area contributed by atoms with E-state index in [2.05, 4.69) is 29.6 Å². The molecule has 3 rings (SSSR count). The monoisotopic (exact) mass is 320 g/mol. The summed E-state index contributed by atoms with van der Waals surface area (Å²) in [6, 6.07) is 16.8. The van der Waals surface area contributed by atoms with E-state index in [1.807, 2.05) is 12.1 Å². The fraction of sp³-hybridized carbons (Fsp3) is 0.300. The van der Waals surface area contributed by atoms with Crippen molar-refractivity contribution in [3.05, 3.63) is 65.2 Å². The molecule has 2 unspecified atom stereocenters. The summed E-state index contributed by atoms with van der Waals surface area (Å²) >= 11 is 0. The van der Waals surface area contributed by atoms with Gasteiger partial charge in [-0.2, -0.15) is 5.26 Å². The molecule has 1 aliphatic carbocycles. The Morgan fingerprint density at radius 1 is 1.21 bits per heavy atom. The minimum absolute atomic E-state index is 0.157. The smallest absolute Gasteiger partial charge is 0.251 e. The van der Waals surface area contributed by atoms with Crippen LogP contribution in [0.4, 0.5) is 0 Å². The average Bonchev–Trinajstić information content (AvgIpc) is 3.09. The Labute approximate surface area is 141 Å². The maximum absolute atomic E-state index is 12.2. The second kappa shape index (κ2) is 7.18. The van der Waals surface area contributed by atoms with Crippen molar-refractivity contribution in [2.24, 2.45) is 5.92 Å². The highest BCUT2D eigenvalue weighted by Crippen LogP contribution is 2.37. The molecule has 0 saturated heterocycles. The molecule has 2 atom stereocenters. The number of amides is 1. The number of hydrogen-bond donors (Lipinski definition) is 2. The second-order valence-electron chi connectivity index (χ2n) is 6.34. The highest BCUT2D eigenvalue weighted by molar-refractivity contribution is 5.94. The van der Waals surface area contributed by atoms with Gasteiger partial charge < -0.3 is 10.4 Å². The van der Waals surface area contributed by atoms with Gasteiger partial charge in [-0.25, -0.2) is 0 Å². The number of carbonyl (C=O) groups excluding carboxylic acids is 1. The van der Waals surface area contributed by atoms with Gasteiger partial charge in [0.1, 0.15) is 11.8 Å². The van der Waals surface area contributed by atoms with Crippen LogP contribution >= 0.6 is 0 Å². The van der Waals surface area contributed by atoms with Gasteiger partial charge >= 0.3 is 0 Å². The highest BCUT2D eigenvalue weighted by atomic mass is 16.3. The number of aromatic hydroxyl groups is 1. The SMILES string of the molecule is N#Cc1ccc(C(=O)NCC2CCC(c3ccccc3)C2)cc1O. The molecule has 24 heavy (non-hydrogen) atoms. The van der Waals surface area contributed by atoms with Crippen molar-refractivity contribution in [2.75, 3.05) is 6.54 Å². The summed E-state index contributed by atoms with van der Waals surface area (Å²) in [6.45, 7) is 0.642. The Kier molecular flexibility index (Phi) is 4.81. The molecular weight excluding hydrogens is 300 g/mol. The van der Waals surface area contributed by atoms with E-state index < -0.39 is 0 Å². The summed E-state index contributed by atoms with van der Waals surface area (Å²) in [4.78, 5) is 12.2. The zero-order valence-electron chi connectivity index (χ0n) is 13.4. The lowest BCUT2D eigenvalue weighted by atomic mass is 9.96. The van der Waals surface area contributed by atoms with Crippen molar-refractivity contribution in [3.8, 4) is 11.8 Å². The number of nitriles is 1. The summed E-state index contributed by atoms with van der Waals surface area (Å²) in [5, 5.41) is 21.4. The Bertz CT molecular complexity index is 765. The molecule has 0 radical (unpaired) electrons. The molecule has 0 spiro atoms. The van der Waals surface area contributed by atoms with Crippen molar-refractivity contribution in [1.29, 1.82) is 5.26 Å². The van der Waals surface area contributed by atoms with Gasteiger partial charge in [-0.3, -0.25) is 4.79 Å². The van der Waals surface area contributed by atoms with Gasteiger partial charge in [-0.15, -0.1) is 0 Å². The molecule has 1 saturated carbocycles. The van der Waals surface area contributed by atoms with Gasteiger partial charge in [0, 0.05) is 12.1 Å². The molecule has 4 heteroatoms. The first-order chi connectivity index (χ1) is 11.7. The van der Waals surface area contributed by atoms with Crippen LogP contribution in [0.1, 0.15) is 46.7 Å². The Hall–Kier alpha value is -2.80. The number of hydrogen-bond acceptors (Lipinski definition) is 3. The van der Waals surface area contributed by atoms with Crippen molar-refractivity contribution in [1.82, 2.24) is 5.32 Å². The number of phenols is 1. The first-order valence-corrected chi connectivity index (χ1v) is 8.23. The standard InChI is InChI=1S/C20H20N2O2/c21-12-18-9-8-17(11-19(18)23)20(24)22-13-14-6-7-16(10-14)15-4-2-1-3-5-15/h1-5,8-9,11,14,16,23H,6-7,10,13H2,(H,22,24). The lowest BCUT2D eigenvalue weighted by Crippen LogP contribution is -2.28. The van der Waals surface area contributed by atoms with E-state index in [4.69, 9.17) is 5.26 Å². The maximum atomic E-state index is 12.2. The summed E-state index contributed by atoms with van der Waals surface area (Å²) < 4.78 is 0. The van der Waals surface area contributed by atoms with E-state index in [0.29, 0.717) is 23.9 Å². The normalized spacial score (nSPS) is 19.6. The van der Waals surface area contributed by atoms with Crippen molar-refractivity contribution < 1.29 is 9.90 Å². The van der Waals surface area contributed by atoms with Gasteiger partial charge in [0.25, 0.3) is 5.91 Å². The van der Waals surface area contributed by atoms with Crippen LogP contribution < -0.4 is 5.32 Å². The van der Waals surface area contributed by atoms with Crippen LogP contribution in [-0.2, 0) is 0 Å². The molecule has 2 aromatic rings. The first kappa shape index (κ1) is 16.1. The van der Waals surface area contributed by atoms with Crippen LogP contribution in [0.5, 0.6) is 5.75 Å². The first-order valence-electron chi connectivity index (χ1n) is 8.23. The number of nitrogens with one attached hydrogen (secondary N) is 1. The number of phenolic OH excluding ortho intramolecular Hbond substituents is 1. The Balaban J connectivity index is 1.54. The predicted octanol–water partition coefficient (Wildman–Crippen LogP) is 3.58. The Morgan fingerprint density at radius 2 is 2.00 bits per heavy atom. The lowest BCUT2D eigenvalue weighted by Gasteiger charge is -2.13. The minimum atomic E-state index is -0.210. The largest absolute Gasteiger partial charge is 0.507 e. The lowest BCUT2D eigenvalue weighted by molar-refractivity contribution is 0.0947. The predicted molar refractivity (Wildman–Crippen MR) is 91.7 cm³/mol. The van der Waals surface area contributed by atoms with Crippen LogP contribution in [0, 0.1) is 17.2 Å². The van der Waals surface area contributed by atoms with E-state index in [0.717, 1.165) is 19.3 Å². The molecule has 2 aromatic carbocycles. The molecule has 0 aromatic heterocycles. The molecule has 122 valence electrons. The molecule has 1 amide bonds. The summed E-state index contributed by atoms with van der Waals surface area (Å²) in [5.41, 5.74) is 1.93. The summed E-state index contributed by atoms with van der Waals surface area (Å²) in [7, 11) is 0. The number of carbonyl (C=O) groups is 1. The number of benzene rings is 2. The molecule has 0 aliphatic heterocycles. The fourth-order valence-electron chi connectivity index (χ4n) is 3.39. The molecule has 1 aliphatic rings. The topological polar surface area (TPSA) is 73.1 Å². The summed E-state index contributed by atoms with van der Waals surface area (Å²) in [6.07, 6.45) is 3.35. The van der Waals surface area contributed by atoms with Gasteiger partial charge in [0.15, 0.2) is 0 Å². The molecule has 1 fully saturated rings. The average molecular weight is 320 g/mol. The number of nitrogens with zero attached hydrogens (tertiary/aromatic N) is 1. The van der Waals surface area contributed by atoms with Crippen LogP contribution in [0.15, 0.2) is 48.5 Å². The zero-order valence-corrected chi connectivity index (χ0v) is 13.4. The molecular formula is C20H20N2O2. The zero-order chi connectivity index (χ0) is 16.9. The maximum Gasteiger partial charge on any atom is 0.251 e. The van der Waals surface area contributed by atoms with E-state index in [1.165, 1.54) is 17.7 Å². The van der Waals surface area contributed by atoms with E-state index in [9.17, 15) is 9.90 Å². The molecule has 2 N–H and O–H groups in total. The van der Waals surface area contributed by atoms with E-state index in [1.54, 1.807) is 6.07 Å². The van der Waals surface area contributed by atoms with Crippen molar-refractivity contribution >= 4 is 5.91 Å². The summed E-state index contributed by atoms with van der Waals surface area (Å²) in [5.74, 6) is 0.686.